The Morgan fingerprint density at radius 3 is 1.86 bits per heavy atom. The molecule has 3 fully saturated rings. The van der Waals surface area contributed by atoms with Crippen LogP contribution < -0.4 is 14.7 Å². The van der Waals surface area contributed by atoms with E-state index in [0.29, 0.717) is 11.4 Å². The molecule has 10 nitrogen and oxygen atoms in total. The van der Waals surface area contributed by atoms with Gasteiger partial charge in [0.1, 0.15) is 5.69 Å². The van der Waals surface area contributed by atoms with Crippen LogP contribution in [0.2, 0.25) is 0 Å². The fourth-order valence-corrected chi connectivity index (χ4v) is 9.43. The van der Waals surface area contributed by atoms with Crippen LogP contribution in [-0.4, -0.2) is 52.6 Å². The van der Waals surface area contributed by atoms with Crippen LogP contribution in [0.5, 0.6) is 5.75 Å². The molecule has 0 radical (unpaired) electrons. The Morgan fingerprint density at radius 2 is 1.29 bits per heavy atom. The van der Waals surface area contributed by atoms with Crippen molar-refractivity contribution in [2.75, 3.05) is 28.8 Å². The Balaban J connectivity index is 1.18. The minimum atomic E-state index is -2.84. The zero-order valence-electron chi connectivity index (χ0n) is 30.0. The number of hydrogen-bond acceptors (Lipinski definition) is 8. The van der Waals surface area contributed by atoms with Crippen LogP contribution in [0.3, 0.4) is 0 Å². The maximum absolute atomic E-state index is 15.3. The summed E-state index contributed by atoms with van der Waals surface area (Å²) in [5, 5.41) is 18.4. The van der Waals surface area contributed by atoms with E-state index in [2.05, 4.69) is 10.2 Å². The van der Waals surface area contributed by atoms with Gasteiger partial charge in [-0.2, -0.15) is 10.2 Å². The smallest absolute Gasteiger partial charge is 0.258 e. The van der Waals surface area contributed by atoms with E-state index in [4.69, 9.17) is 23.2 Å². The number of imide groups is 2. The molecule has 0 spiro atoms. The van der Waals surface area contributed by atoms with Crippen molar-refractivity contribution in [2.24, 2.45) is 28.0 Å². The molecule has 298 valence electrons. The SMILES string of the molecule is CN(C)c1ccc(N=Nc2ccc(N3C(=O)C4CC=C5C(CC6(Cl)C(=O)N(c7c(F)c(F)c(F)c(F)c7F)C(=O)C6(Cl)C5c5ccc(O)c(F)c5)C4C3=O)cc2)cc1. The van der Waals surface area contributed by atoms with Gasteiger partial charge in [0.2, 0.25) is 17.6 Å². The minimum Gasteiger partial charge on any atom is -0.505 e. The Hall–Kier alpha value is -5.74. The van der Waals surface area contributed by atoms with Gasteiger partial charge in [-0.05, 0) is 85.0 Å². The van der Waals surface area contributed by atoms with Crippen LogP contribution in [0.25, 0.3) is 0 Å². The van der Waals surface area contributed by atoms with E-state index in [0.717, 1.165) is 28.8 Å². The first-order chi connectivity index (χ1) is 27.4. The Morgan fingerprint density at radius 1 is 0.724 bits per heavy atom. The average molecular weight is 843 g/mol. The summed E-state index contributed by atoms with van der Waals surface area (Å²) in [5.41, 5.74) is 0.0698. The predicted octanol–water partition coefficient (Wildman–Crippen LogP) is 8.48. The molecule has 2 saturated heterocycles. The predicted molar refractivity (Wildman–Crippen MR) is 198 cm³/mol. The molecule has 1 N–H and O–H groups in total. The second-order valence-electron chi connectivity index (χ2n) is 14.5. The van der Waals surface area contributed by atoms with E-state index < -0.39 is 110 Å². The molecule has 4 amide bonds. The number of halogens is 8. The molecule has 4 aromatic carbocycles. The van der Waals surface area contributed by atoms with Crippen molar-refractivity contribution in [1.29, 1.82) is 0 Å². The van der Waals surface area contributed by atoms with Gasteiger partial charge in [-0.1, -0.05) is 17.7 Å². The van der Waals surface area contributed by atoms with Crippen molar-refractivity contribution in [2.45, 2.75) is 28.5 Å². The standard InChI is InChI=1S/C40H27Cl2F6N5O5/c1-51(2)20-8-4-18(5-9-20)49-50-19-6-10-21(11-7-19)52-35(55)23-13-12-22-24(27(23)36(52)56)16-39(41)37(57)53(34-32(47)30(45)29(44)31(46)33(34)48)38(58)40(39,42)28(22)17-3-14-26(54)25(43)15-17/h3-12,14-15,23-24,27-28,54H,13,16H2,1-2H3. The summed E-state index contributed by atoms with van der Waals surface area (Å²) in [4.78, 5) is 54.0. The molecule has 1 saturated carbocycles. The molecule has 2 heterocycles. The zero-order valence-corrected chi connectivity index (χ0v) is 31.5. The Bertz CT molecular complexity index is 2510. The van der Waals surface area contributed by atoms with Crippen LogP contribution in [0, 0.1) is 52.7 Å². The molecular weight excluding hydrogens is 815 g/mol. The van der Waals surface area contributed by atoms with Gasteiger partial charge in [0, 0.05) is 25.7 Å². The first-order valence-electron chi connectivity index (χ1n) is 17.6. The lowest BCUT2D eigenvalue weighted by Gasteiger charge is -2.50. The van der Waals surface area contributed by atoms with Crippen molar-refractivity contribution < 1.29 is 50.6 Å². The summed E-state index contributed by atoms with van der Waals surface area (Å²) in [6.07, 6.45) is 0.615. The van der Waals surface area contributed by atoms with Crippen molar-refractivity contribution in [3.05, 3.63) is 119 Å². The molecular formula is C40H27Cl2F6N5O5. The van der Waals surface area contributed by atoms with Gasteiger partial charge < -0.3 is 10.0 Å². The summed E-state index contributed by atoms with van der Waals surface area (Å²) in [6, 6.07) is 16.1. The molecule has 6 unspecified atom stereocenters. The lowest BCUT2D eigenvalue weighted by Crippen LogP contribution is -2.60. The number of benzene rings is 4. The van der Waals surface area contributed by atoms with Crippen molar-refractivity contribution in [3.8, 4) is 5.75 Å². The average Bonchev–Trinajstić information content (AvgIpc) is 3.54. The molecule has 0 bridgehead atoms. The summed E-state index contributed by atoms with van der Waals surface area (Å²) in [7, 11) is 3.79. The maximum Gasteiger partial charge on any atom is 0.258 e. The summed E-state index contributed by atoms with van der Waals surface area (Å²) >= 11 is 14.1. The second kappa shape index (κ2) is 13.7. The van der Waals surface area contributed by atoms with E-state index in [1.54, 1.807) is 12.1 Å². The van der Waals surface area contributed by atoms with E-state index in [-0.39, 0.29) is 28.1 Å². The first-order valence-corrected chi connectivity index (χ1v) is 18.3. The first kappa shape index (κ1) is 39.1. The molecule has 8 rings (SSSR count). The van der Waals surface area contributed by atoms with Crippen molar-refractivity contribution in [3.63, 3.8) is 0 Å². The monoisotopic (exact) mass is 841 g/mol. The van der Waals surface area contributed by atoms with Crippen LogP contribution in [0.4, 0.5) is 54.8 Å². The number of hydrogen-bond donors (Lipinski definition) is 1. The van der Waals surface area contributed by atoms with Gasteiger partial charge in [-0.3, -0.25) is 24.1 Å². The maximum atomic E-state index is 15.3. The third-order valence-corrected chi connectivity index (χ3v) is 12.7. The van der Waals surface area contributed by atoms with E-state index in [9.17, 15) is 41.8 Å². The number of phenols is 1. The Kier molecular flexibility index (Phi) is 9.23. The number of carbonyl (C=O) groups excluding carboxylic acids is 4. The van der Waals surface area contributed by atoms with Gasteiger partial charge in [-0.25, -0.2) is 31.2 Å². The Labute approximate surface area is 334 Å². The number of aromatic hydroxyl groups is 1. The van der Waals surface area contributed by atoms with Crippen LogP contribution >= 0.6 is 23.2 Å². The highest BCUT2D eigenvalue weighted by Gasteiger charge is 2.77. The summed E-state index contributed by atoms with van der Waals surface area (Å²) in [5.74, 6) is -24.6. The van der Waals surface area contributed by atoms with Crippen molar-refractivity contribution in [1.82, 2.24) is 0 Å². The fraction of sp³-hybridized carbons (Fsp3) is 0.250. The lowest BCUT2D eigenvalue weighted by molar-refractivity contribution is -0.125. The van der Waals surface area contributed by atoms with Gasteiger partial charge in [-0.15, -0.1) is 23.2 Å². The highest BCUT2D eigenvalue weighted by molar-refractivity contribution is 6.58. The number of allylic oxidation sites excluding steroid dienone is 2. The normalized spacial score (nSPS) is 26.6. The zero-order chi connectivity index (χ0) is 41.7. The van der Waals surface area contributed by atoms with Gasteiger partial charge in [0.25, 0.3) is 11.8 Å². The third-order valence-electron chi connectivity index (χ3n) is 11.3. The number of rotatable bonds is 6. The summed E-state index contributed by atoms with van der Waals surface area (Å²) < 4.78 is 88.5. The van der Waals surface area contributed by atoms with Gasteiger partial charge >= 0.3 is 0 Å². The van der Waals surface area contributed by atoms with E-state index >= 15 is 8.78 Å². The molecule has 0 aromatic heterocycles. The summed E-state index contributed by atoms with van der Waals surface area (Å²) in [6.45, 7) is 0. The van der Waals surface area contributed by atoms with Gasteiger partial charge in [0.05, 0.1) is 28.9 Å². The molecule has 4 aromatic rings. The number of nitrogens with zero attached hydrogens (tertiary/aromatic N) is 5. The number of phenolic OH excluding ortho intramolecular Hbond substituents is 1. The van der Waals surface area contributed by atoms with E-state index in [1.165, 1.54) is 30.3 Å². The molecule has 58 heavy (non-hydrogen) atoms. The highest BCUT2D eigenvalue weighted by Crippen LogP contribution is 2.66. The topological polar surface area (TPSA) is 123 Å². The lowest BCUT2D eigenvalue weighted by atomic mass is 9.56. The number of alkyl halides is 2. The molecule has 4 aliphatic rings. The number of azo groups is 1. The van der Waals surface area contributed by atoms with Crippen LogP contribution in [-0.2, 0) is 19.2 Å². The van der Waals surface area contributed by atoms with E-state index in [1.807, 2.05) is 31.1 Å². The number of amides is 4. The quantitative estimate of drug-likeness (QED) is 0.0396. The third kappa shape index (κ3) is 5.47. The van der Waals surface area contributed by atoms with Gasteiger partial charge in [0.15, 0.2) is 44.6 Å². The number of carbonyl (C=O) groups is 4. The molecule has 6 atom stereocenters. The molecule has 2 aliphatic carbocycles. The minimum absolute atomic E-state index is 0.121. The number of fused-ring (bicyclic) bond motifs is 4. The highest BCUT2D eigenvalue weighted by atomic mass is 35.5. The molecule has 2 aliphatic heterocycles. The van der Waals surface area contributed by atoms with Crippen LogP contribution in [0.1, 0.15) is 24.3 Å². The largest absolute Gasteiger partial charge is 0.505 e. The van der Waals surface area contributed by atoms with Crippen LogP contribution in [0.15, 0.2) is 88.6 Å². The fourth-order valence-electron chi connectivity index (χ4n) is 8.50. The number of anilines is 3. The second-order valence-corrected chi connectivity index (χ2v) is 15.8. The molecule has 18 heteroatoms. The van der Waals surface area contributed by atoms with Crippen molar-refractivity contribution >= 4 is 75.3 Å².